The fraction of sp³-hybridized carbons (Fsp3) is 0.385. The summed E-state index contributed by atoms with van der Waals surface area (Å²) >= 11 is 0. The van der Waals surface area contributed by atoms with E-state index in [0.717, 1.165) is 24.4 Å². The molecule has 2 aromatic rings. The van der Waals surface area contributed by atoms with Crippen molar-refractivity contribution in [3.63, 3.8) is 0 Å². The van der Waals surface area contributed by atoms with Crippen molar-refractivity contribution in [3.05, 3.63) is 47.8 Å². The van der Waals surface area contributed by atoms with Crippen molar-refractivity contribution in [1.29, 1.82) is 0 Å². The van der Waals surface area contributed by atoms with Crippen LogP contribution >= 0.6 is 0 Å². The highest BCUT2D eigenvalue weighted by atomic mass is 19.1. The zero-order valence-corrected chi connectivity index (χ0v) is 10.4. The van der Waals surface area contributed by atoms with E-state index in [1.807, 2.05) is 10.7 Å². The Morgan fingerprint density at radius 1 is 1.44 bits per heavy atom. The van der Waals surface area contributed by atoms with Gasteiger partial charge in [0.2, 0.25) is 0 Å². The van der Waals surface area contributed by atoms with Crippen LogP contribution in [0.2, 0.25) is 0 Å². The van der Waals surface area contributed by atoms with Gasteiger partial charge >= 0.3 is 0 Å². The standard InChI is InChI=1S/C13H17FN4/c1-2-6-18-13(16-9-17-18)12(15)8-10-4-3-5-11(14)7-10/h3-5,7,9,12H,2,6,8,15H2,1H3. The summed E-state index contributed by atoms with van der Waals surface area (Å²) in [6.45, 7) is 2.87. The molecule has 0 amide bonds. The van der Waals surface area contributed by atoms with E-state index >= 15 is 0 Å². The highest BCUT2D eigenvalue weighted by Gasteiger charge is 2.14. The maximum absolute atomic E-state index is 13.1. The van der Waals surface area contributed by atoms with E-state index in [1.54, 1.807) is 6.07 Å². The minimum atomic E-state index is -0.263. The predicted octanol–water partition coefficient (Wildman–Crippen LogP) is 2.07. The summed E-state index contributed by atoms with van der Waals surface area (Å²) in [6, 6.07) is 6.22. The molecule has 0 aliphatic heterocycles. The SMILES string of the molecule is CCCn1ncnc1C(N)Cc1cccc(F)c1. The summed E-state index contributed by atoms with van der Waals surface area (Å²) in [7, 11) is 0. The summed E-state index contributed by atoms with van der Waals surface area (Å²) in [4.78, 5) is 4.19. The van der Waals surface area contributed by atoms with Crippen LogP contribution in [-0.2, 0) is 13.0 Å². The molecule has 2 rings (SSSR count). The van der Waals surface area contributed by atoms with Crippen LogP contribution in [0.15, 0.2) is 30.6 Å². The minimum absolute atomic E-state index is 0.241. The number of hydrogen-bond donors (Lipinski definition) is 1. The molecule has 1 atom stereocenters. The summed E-state index contributed by atoms with van der Waals surface area (Å²) in [5.74, 6) is 0.510. The summed E-state index contributed by atoms with van der Waals surface area (Å²) < 4.78 is 14.9. The van der Waals surface area contributed by atoms with E-state index in [9.17, 15) is 4.39 Å². The van der Waals surface area contributed by atoms with Gasteiger partial charge in [-0.1, -0.05) is 19.1 Å². The largest absolute Gasteiger partial charge is 0.321 e. The van der Waals surface area contributed by atoms with Crippen molar-refractivity contribution in [1.82, 2.24) is 14.8 Å². The fourth-order valence-corrected chi connectivity index (χ4v) is 1.95. The molecule has 1 aromatic carbocycles. The second-order valence-corrected chi connectivity index (χ2v) is 4.28. The van der Waals surface area contributed by atoms with Gasteiger partial charge in [-0.05, 0) is 30.5 Å². The Labute approximate surface area is 106 Å². The molecule has 4 nitrogen and oxygen atoms in total. The van der Waals surface area contributed by atoms with Gasteiger partial charge in [0.15, 0.2) is 0 Å². The van der Waals surface area contributed by atoms with Crippen molar-refractivity contribution in [2.24, 2.45) is 5.73 Å². The summed E-state index contributed by atoms with van der Waals surface area (Å²) in [5, 5.41) is 4.14. The van der Waals surface area contributed by atoms with Gasteiger partial charge in [-0.25, -0.2) is 14.1 Å². The zero-order valence-electron chi connectivity index (χ0n) is 10.4. The Bertz CT molecular complexity index is 509. The molecule has 0 saturated heterocycles. The van der Waals surface area contributed by atoms with Crippen LogP contribution in [0.4, 0.5) is 4.39 Å². The maximum Gasteiger partial charge on any atom is 0.144 e. The van der Waals surface area contributed by atoms with E-state index in [1.165, 1.54) is 18.5 Å². The van der Waals surface area contributed by atoms with Crippen molar-refractivity contribution >= 4 is 0 Å². The zero-order chi connectivity index (χ0) is 13.0. The molecule has 0 fully saturated rings. The Morgan fingerprint density at radius 3 is 3.00 bits per heavy atom. The number of hydrogen-bond acceptors (Lipinski definition) is 3. The van der Waals surface area contributed by atoms with Crippen molar-refractivity contribution < 1.29 is 4.39 Å². The molecule has 0 aliphatic rings. The number of aromatic nitrogens is 3. The molecule has 0 bridgehead atoms. The van der Waals surface area contributed by atoms with Crippen molar-refractivity contribution in [2.75, 3.05) is 0 Å². The van der Waals surface area contributed by atoms with Gasteiger partial charge in [0.05, 0.1) is 6.04 Å². The first-order chi connectivity index (χ1) is 8.70. The number of rotatable bonds is 5. The van der Waals surface area contributed by atoms with Crippen LogP contribution in [0.5, 0.6) is 0 Å². The molecular weight excluding hydrogens is 231 g/mol. The second-order valence-electron chi connectivity index (χ2n) is 4.28. The van der Waals surface area contributed by atoms with Gasteiger partial charge < -0.3 is 5.73 Å². The Kier molecular flexibility index (Phi) is 4.04. The average molecular weight is 248 g/mol. The van der Waals surface area contributed by atoms with Crippen LogP contribution < -0.4 is 5.73 Å². The number of nitrogens with two attached hydrogens (primary N) is 1. The highest BCUT2D eigenvalue weighted by molar-refractivity contribution is 5.18. The molecule has 1 aromatic heterocycles. The summed E-state index contributed by atoms with van der Waals surface area (Å²) in [6.07, 6.45) is 3.04. The molecule has 18 heavy (non-hydrogen) atoms. The van der Waals surface area contributed by atoms with E-state index in [-0.39, 0.29) is 11.9 Å². The first-order valence-electron chi connectivity index (χ1n) is 6.08. The lowest BCUT2D eigenvalue weighted by atomic mass is 10.1. The first-order valence-corrected chi connectivity index (χ1v) is 6.08. The molecular formula is C13H17FN4. The molecule has 0 aliphatic carbocycles. The quantitative estimate of drug-likeness (QED) is 0.881. The molecule has 96 valence electrons. The molecule has 5 heteroatoms. The van der Waals surface area contributed by atoms with Gasteiger partial charge in [-0.2, -0.15) is 5.10 Å². The van der Waals surface area contributed by atoms with Crippen molar-refractivity contribution in [2.45, 2.75) is 32.4 Å². The van der Waals surface area contributed by atoms with Gasteiger partial charge in [-0.15, -0.1) is 0 Å². The lowest BCUT2D eigenvalue weighted by molar-refractivity contribution is 0.528. The molecule has 0 saturated carbocycles. The maximum atomic E-state index is 13.1. The Hall–Kier alpha value is -1.75. The van der Waals surface area contributed by atoms with E-state index in [2.05, 4.69) is 17.0 Å². The lowest BCUT2D eigenvalue weighted by Gasteiger charge is -2.12. The number of nitrogens with zero attached hydrogens (tertiary/aromatic N) is 3. The third-order valence-electron chi connectivity index (χ3n) is 2.76. The van der Waals surface area contributed by atoms with Crippen LogP contribution in [-0.4, -0.2) is 14.8 Å². The number of halogens is 1. The average Bonchev–Trinajstić information content (AvgIpc) is 2.78. The minimum Gasteiger partial charge on any atom is -0.321 e. The van der Waals surface area contributed by atoms with Gasteiger partial charge in [-0.3, -0.25) is 0 Å². The normalized spacial score (nSPS) is 12.6. The first kappa shape index (κ1) is 12.7. The van der Waals surface area contributed by atoms with Crippen molar-refractivity contribution in [3.8, 4) is 0 Å². The van der Waals surface area contributed by atoms with E-state index < -0.39 is 0 Å². The van der Waals surface area contributed by atoms with Gasteiger partial charge in [0.25, 0.3) is 0 Å². The van der Waals surface area contributed by atoms with Crippen LogP contribution in [0.25, 0.3) is 0 Å². The van der Waals surface area contributed by atoms with Crippen LogP contribution in [0, 0.1) is 5.82 Å². The second kappa shape index (κ2) is 5.73. The Morgan fingerprint density at radius 2 is 2.28 bits per heavy atom. The van der Waals surface area contributed by atoms with Crippen LogP contribution in [0.1, 0.15) is 30.8 Å². The van der Waals surface area contributed by atoms with E-state index in [0.29, 0.717) is 6.42 Å². The van der Waals surface area contributed by atoms with Crippen LogP contribution in [0.3, 0.4) is 0 Å². The Balaban J connectivity index is 2.11. The smallest absolute Gasteiger partial charge is 0.144 e. The van der Waals surface area contributed by atoms with Gasteiger partial charge in [0, 0.05) is 6.54 Å². The molecule has 1 unspecified atom stereocenters. The summed E-state index contributed by atoms with van der Waals surface area (Å²) in [5.41, 5.74) is 6.98. The predicted molar refractivity (Wildman–Crippen MR) is 67.3 cm³/mol. The molecule has 2 N–H and O–H groups in total. The topological polar surface area (TPSA) is 56.7 Å². The third kappa shape index (κ3) is 2.92. The monoisotopic (exact) mass is 248 g/mol. The molecule has 1 heterocycles. The molecule has 0 radical (unpaired) electrons. The molecule has 0 spiro atoms. The van der Waals surface area contributed by atoms with E-state index in [4.69, 9.17) is 5.73 Å². The number of aryl methyl sites for hydroxylation is 1. The van der Waals surface area contributed by atoms with Gasteiger partial charge in [0.1, 0.15) is 18.0 Å². The lowest BCUT2D eigenvalue weighted by Crippen LogP contribution is -2.19. The third-order valence-corrected chi connectivity index (χ3v) is 2.76. The fourth-order valence-electron chi connectivity index (χ4n) is 1.95. The number of benzene rings is 1. The highest BCUT2D eigenvalue weighted by Crippen LogP contribution is 2.14.